The molecule has 0 spiro atoms. The van der Waals surface area contributed by atoms with Crippen LogP contribution in [0, 0.1) is 16.7 Å². The van der Waals surface area contributed by atoms with E-state index >= 15 is 0 Å². The SMILES string of the molecule is COCC1(C(=O)Nc2cc(Br)ccc2C#N)CCNCC1. The van der Waals surface area contributed by atoms with Gasteiger partial charge in [-0.1, -0.05) is 15.9 Å². The van der Waals surface area contributed by atoms with Gasteiger partial charge in [-0.05, 0) is 44.1 Å². The lowest BCUT2D eigenvalue weighted by molar-refractivity contribution is -0.130. The maximum atomic E-state index is 12.7. The predicted molar refractivity (Wildman–Crippen MR) is 83.9 cm³/mol. The van der Waals surface area contributed by atoms with Crippen LogP contribution in [0.5, 0.6) is 0 Å². The Morgan fingerprint density at radius 1 is 1.52 bits per heavy atom. The lowest BCUT2D eigenvalue weighted by Crippen LogP contribution is -2.47. The summed E-state index contributed by atoms with van der Waals surface area (Å²) in [5.41, 5.74) is 0.452. The van der Waals surface area contributed by atoms with Crippen molar-refractivity contribution in [3.05, 3.63) is 28.2 Å². The second-order valence-corrected chi connectivity index (χ2v) is 6.13. The molecule has 6 heteroatoms. The van der Waals surface area contributed by atoms with Crippen LogP contribution in [0.1, 0.15) is 18.4 Å². The molecule has 2 N–H and O–H groups in total. The fourth-order valence-electron chi connectivity index (χ4n) is 2.59. The Morgan fingerprint density at radius 3 is 2.86 bits per heavy atom. The molecule has 21 heavy (non-hydrogen) atoms. The van der Waals surface area contributed by atoms with E-state index in [9.17, 15) is 4.79 Å². The highest BCUT2D eigenvalue weighted by Crippen LogP contribution is 2.32. The molecule has 1 amide bonds. The number of carbonyl (C=O) groups excluding carboxylic acids is 1. The molecule has 1 aliphatic rings. The number of nitriles is 1. The Labute approximate surface area is 132 Å². The van der Waals surface area contributed by atoms with Gasteiger partial charge in [0.25, 0.3) is 0 Å². The molecule has 1 aromatic rings. The summed E-state index contributed by atoms with van der Waals surface area (Å²) in [4.78, 5) is 12.7. The minimum absolute atomic E-state index is 0.0829. The van der Waals surface area contributed by atoms with Crippen molar-refractivity contribution in [2.24, 2.45) is 5.41 Å². The number of nitrogens with zero attached hydrogens (tertiary/aromatic N) is 1. The van der Waals surface area contributed by atoms with E-state index in [1.54, 1.807) is 25.3 Å². The maximum Gasteiger partial charge on any atom is 0.233 e. The highest BCUT2D eigenvalue weighted by Gasteiger charge is 2.39. The van der Waals surface area contributed by atoms with Crippen molar-refractivity contribution in [3.63, 3.8) is 0 Å². The average molecular weight is 352 g/mol. The van der Waals surface area contributed by atoms with Gasteiger partial charge in [-0.2, -0.15) is 5.26 Å². The lowest BCUT2D eigenvalue weighted by Gasteiger charge is -2.35. The third-order valence-corrected chi connectivity index (χ3v) is 4.31. The smallest absolute Gasteiger partial charge is 0.233 e. The Morgan fingerprint density at radius 2 is 2.24 bits per heavy atom. The van der Waals surface area contributed by atoms with Crippen molar-refractivity contribution in [2.75, 3.05) is 32.1 Å². The summed E-state index contributed by atoms with van der Waals surface area (Å²) in [6.45, 7) is 1.97. The molecular weight excluding hydrogens is 334 g/mol. The van der Waals surface area contributed by atoms with Crippen LogP contribution in [0.15, 0.2) is 22.7 Å². The number of nitrogens with one attached hydrogen (secondary N) is 2. The molecule has 1 heterocycles. The normalized spacial score (nSPS) is 17.0. The summed E-state index contributed by atoms with van der Waals surface area (Å²) in [5, 5.41) is 15.3. The van der Waals surface area contributed by atoms with E-state index in [1.807, 2.05) is 0 Å². The molecule has 1 aliphatic heterocycles. The number of ether oxygens (including phenoxy) is 1. The Balaban J connectivity index is 2.23. The fourth-order valence-corrected chi connectivity index (χ4v) is 2.95. The monoisotopic (exact) mass is 351 g/mol. The number of halogens is 1. The lowest BCUT2D eigenvalue weighted by atomic mass is 9.78. The number of hydrogen-bond donors (Lipinski definition) is 2. The molecule has 1 fully saturated rings. The second-order valence-electron chi connectivity index (χ2n) is 5.22. The first-order chi connectivity index (χ1) is 10.1. The van der Waals surface area contributed by atoms with Gasteiger partial charge in [-0.25, -0.2) is 0 Å². The second kappa shape index (κ2) is 7.03. The molecule has 0 saturated carbocycles. The molecule has 112 valence electrons. The van der Waals surface area contributed by atoms with E-state index in [0.717, 1.165) is 30.4 Å². The van der Waals surface area contributed by atoms with Crippen LogP contribution in [-0.2, 0) is 9.53 Å². The van der Waals surface area contributed by atoms with Crippen molar-refractivity contribution in [2.45, 2.75) is 12.8 Å². The van der Waals surface area contributed by atoms with E-state index in [0.29, 0.717) is 17.9 Å². The predicted octanol–water partition coefficient (Wildman–Crippen LogP) is 2.28. The molecule has 2 rings (SSSR count). The molecule has 5 nitrogen and oxygen atoms in total. The number of carbonyl (C=O) groups is 1. The van der Waals surface area contributed by atoms with Gasteiger partial charge >= 0.3 is 0 Å². The highest BCUT2D eigenvalue weighted by molar-refractivity contribution is 9.10. The molecule has 0 aromatic heterocycles. The van der Waals surface area contributed by atoms with E-state index in [2.05, 4.69) is 32.6 Å². The molecule has 1 saturated heterocycles. The molecular formula is C15H18BrN3O2. The summed E-state index contributed by atoms with van der Waals surface area (Å²) in [7, 11) is 1.61. The van der Waals surface area contributed by atoms with E-state index in [1.165, 1.54) is 0 Å². The molecule has 0 atom stereocenters. The van der Waals surface area contributed by atoms with Crippen LogP contribution >= 0.6 is 15.9 Å². The first kappa shape index (κ1) is 16.0. The van der Waals surface area contributed by atoms with Crippen molar-refractivity contribution in [1.82, 2.24) is 5.32 Å². The minimum Gasteiger partial charge on any atom is -0.384 e. The summed E-state index contributed by atoms with van der Waals surface area (Å²) in [5.74, 6) is -0.0829. The zero-order chi connectivity index (χ0) is 15.3. The molecule has 0 radical (unpaired) electrons. The summed E-state index contributed by atoms with van der Waals surface area (Å²) >= 11 is 3.36. The Hall–Kier alpha value is -1.42. The number of piperidine rings is 1. The minimum atomic E-state index is -0.533. The van der Waals surface area contributed by atoms with E-state index in [4.69, 9.17) is 10.00 Å². The van der Waals surface area contributed by atoms with Gasteiger partial charge in [0.2, 0.25) is 5.91 Å². The summed E-state index contributed by atoms with van der Waals surface area (Å²) < 4.78 is 6.08. The van der Waals surface area contributed by atoms with E-state index in [-0.39, 0.29) is 5.91 Å². The first-order valence-electron chi connectivity index (χ1n) is 6.82. The van der Waals surface area contributed by atoms with Crippen molar-refractivity contribution < 1.29 is 9.53 Å². The quantitative estimate of drug-likeness (QED) is 0.872. The van der Waals surface area contributed by atoms with Crippen molar-refractivity contribution in [1.29, 1.82) is 5.26 Å². The standard InChI is InChI=1S/C15H18BrN3O2/c1-21-10-15(4-6-18-7-5-15)14(20)19-13-8-12(16)3-2-11(13)9-17/h2-3,8,18H,4-7,10H2,1H3,(H,19,20). The van der Waals surface area contributed by atoms with Crippen LogP contribution in [0.4, 0.5) is 5.69 Å². The van der Waals surface area contributed by atoms with Crippen molar-refractivity contribution >= 4 is 27.5 Å². The summed E-state index contributed by atoms with van der Waals surface area (Å²) in [6.07, 6.45) is 1.45. The molecule has 0 bridgehead atoms. The topological polar surface area (TPSA) is 74.1 Å². The Kier molecular flexibility index (Phi) is 5.34. The van der Waals surface area contributed by atoms with Crippen LogP contribution in [0.25, 0.3) is 0 Å². The third kappa shape index (κ3) is 3.62. The molecule has 0 unspecified atom stereocenters. The highest BCUT2D eigenvalue weighted by atomic mass is 79.9. The van der Waals surface area contributed by atoms with Crippen LogP contribution < -0.4 is 10.6 Å². The fraction of sp³-hybridized carbons (Fsp3) is 0.467. The van der Waals surface area contributed by atoms with Gasteiger partial charge in [0.1, 0.15) is 6.07 Å². The van der Waals surface area contributed by atoms with Gasteiger partial charge in [0.05, 0.1) is 23.3 Å². The average Bonchev–Trinajstić information content (AvgIpc) is 2.49. The van der Waals surface area contributed by atoms with Crippen LogP contribution in [0.3, 0.4) is 0 Å². The van der Waals surface area contributed by atoms with Gasteiger partial charge in [0.15, 0.2) is 0 Å². The van der Waals surface area contributed by atoms with Crippen LogP contribution in [-0.4, -0.2) is 32.7 Å². The van der Waals surface area contributed by atoms with E-state index < -0.39 is 5.41 Å². The number of rotatable bonds is 4. The third-order valence-electron chi connectivity index (χ3n) is 3.81. The number of anilines is 1. The number of methoxy groups -OCH3 is 1. The number of hydrogen-bond acceptors (Lipinski definition) is 4. The van der Waals surface area contributed by atoms with Crippen molar-refractivity contribution in [3.8, 4) is 6.07 Å². The van der Waals surface area contributed by atoms with Crippen LogP contribution in [0.2, 0.25) is 0 Å². The zero-order valence-corrected chi connectivity index (χ0v) is 13.5. The first-order valence-corrected chi connectivity index (χ1v) is 7.61. The van der Waals surface area contributed by atoms with Gasteiger partial charge in [-0.3, -0.25) is 4.79 Å². The summed E-state index contributed by atoms with van der Waals surface area (Å²) in [6, 6.07) is 7.31. The number of amides is 1. The molecule has 1 aromatic carbocycles. The Bertz CT molecular complexity index is 557. The maximum absolute atomic E-state index is 12.7. The largest absolute Gasteiger partial charge is 0.384 e. The zero-order valence-electron chi connectivity index (χ0n) is 11.9. The van der Waals surface area contributed by atoms with Gasteiger partial charge in [0, 0.05) is 11.6 Å². The number of benzene rings is 1. The van der Waals surface area contributed by atoms with Gasteiger partial charge in [-0.15, -0.1) is 0 Å². The van der Waals surface area contributed by atoms with Gasteiger partial charge < -0.3 is 15.4 Å². The molecule has 0 aliphatic carbocycles.